The molecule has 0 spiro atoms. The van der Waals surface area contributed by atoms with Gasteiger partial charge in [0.05, 0.1) is 5.02 Å². The van der Waals surface area contributed by atoms with Crippen molar-refractivity contribution < 1.29 is 15.0 Å². The lowest BCUT2D eigenvalue weighted by Gasteiger charge is -2.08. The van der Waals surface area contributed by atoms with Crippen LogP contribution in [0.25, 0.3) is 0 Å². The third-order valence-electron chi connectivity index (χ3n) is 2.27. The van der Waals surface area contributed by atoms with Gasteiger partial charge in [-0.05, 0) is 24.0 Å². The van der Waals surface area contributed by atoms with E-state index in [0.29, 0.717) is 18.4 Å². The van der Waals surface area contributed by atoms with Gasteiger partial charge in [-0.25, -0.2) is 0 Å². The van der Waals surface area contributed by atoms with Crippen molar-refractivity contribution in [2.24, 2.45) is 0 Å². The fourth-order valence-corrected chi connectivity index (χ4v) is 1.65. The average Bonchev–Trinajstić information content (AvgIpc) is 2.20. The van der Waals surface area contributed by atoms with E-state index < -0.39 is 5.97 Å². The summed E-state index contributed by atoms with van der Waals surface area (Å²) in [5.41, 5.74) is 1.45. The van der Waals surface area contributed by atoms with Crippen molar-refractivity contribution in [3.63, 3.8) is 0 Å². The molecule has 0 atom stereocenters. The third kappa shape index (κ3) is 2.86. The number of halogens is 1. The lowest BCUT2D eigenvalue weighted by atomic mass is 10.0. The number of hydrogen-bond donors (Lipinski definition) is 2. The van der Waals surface area contributed by atoms with Gasteiger partial charge in [-0.15, -0.1) is 0 Å². The van der Waals surface area contributed by atoms with E-state index in [1.54, 1.807) is 12.1 Å². The first-order valence-electron chi connectivity index (χ1n) is 4.77. The van der Waals surface area contributed by atoms with Gasteiger partial charge in [0.1, 0.15) is 5.75 Å². The van der Waals surface area contributed by atoms with Gasteiger partial charge in [-0.3, -0.25) is 4.79 Å². The van der Waals surface area contributed by atoms with Crippen molar-refractivity contribution in [1.29, 1.82) is 0 Å². The monoisotopic (exact) mass is 228 g/mol. The Bertz CT molecular complexity index is 374. The van der Waals surface area contributed by atoms with E-state index >= 15 is 0 Å². The molecule has 2 N–H and O–H groups in total. The Morgan fingerprint density at radius 2 is 2.00 bits per heavy atom. The first-order chi connectivity index (χ1) is 7.06. The van der Waals surface area contributed by atoms with Crippen LogP contribution in [0.2, 0.25) is 5.02 Å². The molecule has 82 valence electrons. The molecule has 0 radical (unpaired) electrons. The topological polar surface area (TPSA) is 57.5 Å². The van der Waals surface area contributed by atoms with E-state index in [-0.39, 0.29) is 17.2 Å². The van der Waals surface area contributed by atoms with E-state index in [9.17, 15) is 9.90 Å². The molecule has 0 aliphatic rings. The van der Waals surface area contributed by atoms with Crippen molar-refractivity contribution >= 4 is 17.6 Å². The zero-order valence-electron chi connectivity index (χ0n) is 8.46. The van der Waals surface area contributed by atoms with Crippen molar-refractivity contribution in [2.75, 3.05) is 0 Å². The quantitative estimate of drug-likeness (QED) is 0.833. The molecule has 0 heterocycles. The maximum Gasteiger partial charge on any atom is 0.303 e. The van der Waals surface area contributed by atoms with Crippen LogP contribution in [0.1, 0.15) is 24.5 Å². The summed E-state index contributed by atoms with van der Waals surface area (Å²) in [6.45, 7) is 1.92. The van der Waals surface area contributed by atoms with Crippen LogP contribution in [0.4, 0.5) is 0 Å². The second kappa shape index (κ2) is 5.03. The predicted molar refractivity (Wildman–Crippen MR) is 58.5 cm³/mol. The third-order valence-corrected chi connectivity index (χ3v) is 2.69. The highest BCUT2D eigenvalue weighted by Crippen LogP contribution is 2.31. The molecule has 1 aromatic carbocycles. The first-order valence-corrected chi connectivity index (χ1v) is 5.15. The molecule has 0 fully saturated rings. The Morgan fingerprint density at radius 3 is 2.53 bits per heavy atom. The Morgan fingerprint density at radius 1 is 1.40 bits per heavy atom. The highest BCUT2D eigenvalue weighted by atomic mass is 35.5. The number of carboxylic acid groups (broad SMARTS) is 1. The zero-order chi connectivity index (χ0) is 11.4. The molecule has 1 rings (SSSR count). The van der Waals surface area contributed by atoms with Gasteiger partial charge in [-0.2, -0.15) is 0 Å². The summed E-state index contributed by atoms with van der Waals surface area (Å²) in [5.74, 6) is -0.799. The summed E-state index contributed by atoms with van der Waals surface area (Å²) in [5, 5.41) is 18.5. The summed E-state index contributed by atoms with van der Waals surface area (Å²) >= 11 is 5.92. The largest absolute Gasteiger partial charge is 0.506 e. The van der Waals surface area contributed by atoms with Gasteiger partial charge >= 0.3 is 5.97 Å². The molecule has 0 aliphatic carbocycles. The molecule has 15 heavy (non-hydrogen) atoms. The number of rotatable bonds is 4. The Labute approximate surface area is 93.3 Å². The van der Waals surface area contributed by atoms with Gasteiger partial charge in [0.15, 0.2) is 0 Å². The zero-order valence-corrected chi connectivity index (χ0v) is 9.21. The molecule has 0 aromatic heterocycles. The molecular formula is C11H13ClO3. The Kier molecular flexibility index (Phi) is 3.97. The molecule has 0 saturated heterocycles. The van der Waals surface area contributed by atoms with Crippen molar-refractivity contribution in [2.45, 2.75) is 26.2 Å². The molecular weight excluding hydrogens is 216 g/mol. The van der Waals surface area contributed by atoms with Gasteiger partial charge < -0.3 is 10.2 Å². The molecule has 0 amide bonds. The number of aromatic hydroxyl groups is 1. The minimum absolute atomic E-state index is 0.0185. The molecule has 4 heteroatoms. The van der Waals surface area contributed by atoms with Crippen LogP contribution >= 0.6 is 11.6 Å². The van der Waals surface area contributed by atoms with Crippen molar-refractivity contribution in [3.05, 3.63) is 28.3 Å². The van der Waals surface area contributed by atoms with Crippen LogP contribution in [-0.2, 0) is 17.6 Å². The van der Waals surface area contributed by atoms with Crippen LogP contribution < -0.4 is 0 Å². The fraction of sp³-hybridized carbons (Fsp3) is 0.364. The smallest absolute Gasteiger partial charge is 0.303 e. The summed E-state index contributed by atoms with van der Waals surface area (Å²) in [7, 11) is 0. The molecule has 0 aliphatic heterocycles. The van der Waals surface area contributed by atoms with E-state index in [0.717, 1.165) is 5.56 Å². The Hall–Kier alpha value is -1.22. The summed E-state index contributed by atoms with van der Waals surface area (Å²) in [6, 6.07) is 3.54. The average molecular weight is 229 g/mol. The number of carboxylic acids is 1. The summed E-state index contributed by atoms with van der Waals surface area (Å²) in [6.07, 6.45) is 1.06. The lowest BCUT2D eigenvalue weighted by molar-refractivity contribution is -0.136. The first kappa shape index (κ1) is 11.9. The van der Waals surface area contributed by atoms with Crippen LogP contribution in [-0.4, -0.2) is 16.2 Å². The summed E-state index contributed by atoms with van der Waals surface area (Å²) < 4.78 is 0. The highest BCUT2D eigenvalue weighted by Gasteiger charge is 2.10. The molecule has 3 nitrogen and oxygen atoms in total. The number of phenols is 1. The minimum atomic E-state index is -0.870. The number of aliphatic carboxylic acids is 1. The van der Waals surface area contributed by atoms with Gasteiger partial charge in [0.2, 0.25) is 0 Å². The van der Waals surface area contributed by atoms with Crippen LogP contribution in [0, 0.1) is 0 Å². The molecule has 0 bridgehead atoms. The minimum Gasteiger partial charge on any atom is -0.506 e. The van der Waals surface area contributed by atoms with Crippen molar-refractivity contribution in [1.82, 2.24) is 0 Å². The SMILES string of the molecule is CCc1ccc(CCC(=O)O)c(Cl)c1O. The van der Waals surface area contributed by atoms with Gasteiger partial charge in [-0.1, -0.05) is 30.7 Å². The summed E-state index contributed by atoms with van der Waals surface area (Å²) in [4.78, 5) is 10.4. The van der Waals surface area contributed by atoms with Gasteiger partial charge in [0.25, 0.3) is 0 Å². The molecule has 1 aromatic rings. The molecule has 0 saturated carbocycles. The standard InChI is InChI=1S/C11H13ClO3/c1-2-7-3-4-8(5-6-9(13)14)10(12)11(7)15/h3-4,15H,2,5-6H2,1H3,(H,13,14). The maximum absolute atomic E-state index is 10.4. The second-order valence-electron chi connectivity index (χ2n) is 3.29. The number of benzene rings is 1. The van der Waals surface area contributed by atoms with Gasteiger partial charge in [0, 0.05) is 6.42 Å². The normalized spacial score (nSPS) is 10.3. The molecule has 0 unspecified atom stereocenters. The lowest BCUT2D eigenvalue weighted by Crippen LogP contribution is -1.98. The van der Waals surface area contributed by atoms with Crippen LogP contribution in [0.3, 0.4) is 0 Å². The maximum atomic E-state index is 10.4. The highest BCUT2D eigenvalue weighted by molar-refractivity contribution is 6.32. The van der Waals surface area contributed by atoms with Crippen LogP contribution in [0.15, 0.2) is 12.1 Å². The van der Waals surface area contributed by atoms with Crippen molar-refractivity contribution in [3.8, 4) is 5.75 Å². The van der Waals surface area contributed by atoms with E-state index in [4.69, 9.17) is 16.7 Å². The number of carbonyl (C=O) groups is 1. The van der Waals surface area contributed by atoms with E-state index in [2.05, 4.69) is 0 Å². The fourth-order valence-electron chi connectivity index (χ4n) is 1.37. The van der Waals surface area contributed by atoms with E-state index in [1.807, 2.05) is 6.92 Å². The number of hydrogen-bond acceptors (Lipinski definition) is 2. The Balaban J connectivity index is 2.91. The van der Waals surface area contributed by atoms with Crippen LogP contribution in [0.5, 0.6) is 5.75 Å². The number of phenolic OH excluding ortho intramolecular Hbond substituents is 1. The predicted octanol–water partition coefficient (Wildman–Crippen LogP) is 2.63. The second-order valence-corrected chi connectivity index (χ2v) is 3.67. The number of aryl methyl sites for hydroxylation is 2. The van der Waals surface area contributed by atoms with E-state index in [1.165, 1.54) is 0 Å².